The number of halogens is 3. The highest BCUT2D eigenvalue weighted by atomic mass is 19.4. The molecule has 0 aliphatic carbocycles. The number of nitrogens with zero attached hydrogens (tertiary/aromatic N) is 6. The summed E-state index contributed by atoms with van der Waals surface area (Å²) in [5.74, 6) is 0.596. The van der Waals surface area contributed by atoms with E-state index in [9.17, 15) is 13.2 Å². The number of alkyl halides is 3. The zero-order chi connectivity index (χ0) is 19.6. The molecule has 1 aromatic carbocycles. The molecule has 3 heterocycles. The molecule has 1 N–H and O–H groups in total. The van der Waals surface area contributed by atoms with Crippen LogP contribution in [0.5, 0.6) is 0 Å². The van der Waals surface area contributed by atoms with Gasteiger partial charge >= 0.3 is 6.18 Å². The molecule has 0 saturated carbocycles. The van der Waals surface area contributed by atoms with Crippen molar-refractivity contribution in [1.82, 2.24) is 24.7 Å². The first-order valence-electron chi connectivity index (χ1n) is 8.49. The number of hydrogen-bond acceptors (Lipinski definition) is 7. The number of benzene rings is 1. The quantitative estimate of drug-likeness (QED) is 0.732. The average molecular weight is 391 g/mol. The molecule has 3 aromatic rings. The van der Waals surface area contributed by atoms with Gasteiger partial charge in [0.1, 0.15) is 6.33 Å². The van der Waals surface area contributed by atoms with Crippen molar-refractivity contribution in [2.24, 2.45) is 0 Å². The first-order chi connectivity index (χ1) is 13.5. The highest BCUT2D eigenvalue weighted by Gasteiger charge is 2.32. The van der Waals surface area contributed by atoms with Crippen LogP contribution in [0.4, 0.5) is 30.5 Å². The Bertz CT molecular complexity index is 939. The topological polar surface area (TPSA) is 81.0 Å². The number of morpholine rings is 1. The van der Waals surface area contributed by atoms with Gasteiger partial charge in [-0.15, -0.1) is 5.10 Å². The lowest BCUT2D eigenvalue weighted by molar-refractivity contribution is -0.137. The number of rotatable bonds is 4. The SMILES string of the molecule is FC(F)(F)c1cc(Nc2ncn(-c3cnccn3)n2)cc(N2CCOCC2)c1. The van der Waals surface area contributed by atoms with Crippen molar-refractivity contribution in [2.45, 2.75) is 6.18 Å². The summed E-state index contributed by atoms with van der Waals surface area (Å²) in [4.78, 5) is 14.0. The molecule has 0 spiro atoms. The van der Waals surface area contributed by atoms with Gasteiger partial charge < -0.3 is 15.0 Å². The standard InChI is InChI=1S/C17H16F3N7O/c18-17(19,20)12-7-13(9-14(8-12)26-3-5-28-6-4-26)24-16-23-11-27(25-16)15-10-21-1-2-22-15/h1-2,7-11H,3-6H2,(H,24,25). The van der Waals surface area contributed by atoms with Gasteiger partial charge in [0.2, 0.25) is 5.95 Å². The van der Waals surface area contributed by atoms with Crippen molar-refractivity contribution in [3.05, 3.63) is 48.7 Å². The lowest BCUT2D eigenvalue weighted by Gasteiger charge is -2.29. The van der Waals surface area contributed by atoms with E-state index in [1.807, 2.05) is 4.90 Å². The first-order valence-corrected chi connectivity index (χ1v) is 8.49. The van der Waals surface area contributed by atoms with Crippen LogP contribution in [0.1, 0.15) is 5.56 Å². The fraction of sp³-hybridized carbons (Fsp3) is 0.294. The largest absolute Gasteiger partial charge is 0.416 e. The van der Waals surface area contributed by atoms with E-state index in [-0.39, 0.29) is 11.6 Å². The third kappa shape index (κ3) is 4.03. The number of ether oxygens (including phenoxy) is 1. The van der Waals surface area contributed by atoms with E-state index < -0.39 is 11.7 Å². The average Bonchev–Trinajstić information content (AvgIpc) is 3.17. The second kappa shape index (κ2) is 7.43. The summed E-state index contributed by atoms with van der Waals surface area (Å²) >= 11 is 0. The summed E-state index contributed by atoms with van der Waals surface area (Å²) in [6.07, 6.45) is 1.47. The Morgan fingerprint density at radius 3 is 2.57 bits per heavy atom. The van der Waals surface area contributed by atoms with E-state index in [1.54, 1.807) is 6.07 Å². The van der Waals surface area contributed by atoms with Crippen LogP contribution in [-0.4, -0.2) is 51.0 Å². The highest BCUT2D eigenvalue weighted by Crippen LogP contribution is 2.35. The van der Waals surface area contributed by atoms with E-state index in [0.29, 0.717) is 37.8 Å². The smallest absolute Gasteiger partial charge is 0.378 e. The fourth-order valence-corrected chi connectivity index (χ4v) is 2.82. The van der Waals surface area contributed by atoms with Crippen LogP contribution in [0.25, 0.3) is 5.82 Å². The van der Waals surface area contributed by atoms with E-state index in [0.717, 1.165) is 12.1 Å². The predicted octanol–water partition coefficient (Wildman–Crippen LogP) is 2.66. The Morgan fingerprint density at radius 2 is 1.86 bits per heavy atom. The van der Waals surface area contributed by atoms with Gasteiger partial charge in [-0.1, -0.05) is 0 Å². The molecule has 2 aromatic heterocycles. The van der Waals surface area contributed by atoms with E-state index >= 15 is 0 Å². The van der Waals surface area contributed by atoms with E-state index in [1.165, 1.54) is 29.6 Å². The number of hydrogen-bond donors (Lipinski definition) is 1. The Hall–Kier alpha value is -3.21. The summed E-state index contributed by atoms with van der Waals surface area (Å²) in [5, 5.41) is 7.02. The summed E-state index contributed by atoms with van der Waals surface area (Å²) in [5.41, 5.74) is -0.0328. The molecule has 0 bridgehead atoms. The summed E-state index contributed by atoms with van der Waals surface area (Å²) < 4.78 is 46.7. The van der Waals surface area contributed by atoms with Crippen LogP contribution in [0.15, 0.2) is 43.1 Å². The number of aromatic nitrogens is 5. The van der Waals surface area contributed by atoms with Crippen LogP contribution in [-0.2, 0) is 10.9 Å². The van der Waals surface area contributed by atoms with Gasteiger partial charge in [-0.3, -0.25) is 4.98 Å². The zero-order valence-electron chi connectivity index (χ0n) is 14.6. The van der Waals surface area contributed by atoms with Gasteiger partial charge in [-0.25, -0.2) is 4.98 Å². The fourth-order valence-electron chi connectivity index (χ4n) is 2.82. The molecule has 0 unspecified atom stereocenters. The van der Waals surface area contributed by atoms with Gasteiger partial charge in [0.05, 0.1) is 25.0 Å². The monoisotopic (exact) mass is 391 g/mol. The maximum Gasteiger partial charge on any atom is 0.416 e. The molecular formula is C17H16F3N7O. The van der Waals surface area contributed by atoms with Gasteiger partial charge in [0, 0.05) is 36.9 Å². The van der Waals surface area contributed by atoms with Crippen molar-refractivity contribution in [2.75, 3.05) is 36.5 Å². The molecule has 1 aliphatic heterocycles. The van der Waals surface area contributed by atoms with Crippen LogP contribution in [0.2, 0.25) is 0 Å². The zero-order valence-corrected chi connectivity index (χ0v) is 14.6. The van der Waals surface area contributed by atoms with Crippen LogP contribution in [0.3, 0.4) is 0 Å². The van der Waals surface area contributed by atoms with Crippen LogP contribution in [0, 0.1) is 0 Å². The Balaban J connectivity index is 1.62. The Kier molecular flexibility index (Phi) is 4.82. The summed E-state index contributed by atoms with van der Waals surface area (Å²) in [7, 11) is 0. The van der Waals surface area contributed by atoms with Crippen LogP contribution < -0.4 is 10.2 Å². The maximum absolute atomic E-state index is 13.4. The van der Waals surface area contributed by atoms with Gasteiger partial charge in [0.25, 0.3) is 0 Å². The highest BCUT2D eigenvalue weighted by molar-refractivity contribution is 5.64. The van der Waals surface area contributed by atoms with Gasteiger partial charge in [0.15, 0.2) is 5.82 Å². The lowest BCUT2D eigenvalue weighted by Crippen LogP contribution is -2.36. The number of nitrogens with one attached hydrogen (secondary N) is 1. The maximum atomic E-state index is 13.4. The molecule has 1 aliphatic rings. The van der Waals surface area contributed by atoms with Crippen molar-refractivity contribution in [1.29, 1.82) is 0 Å². The molecule has 1 fully saturated rings. The molecule has 0 radical (unpaired) electrons. The van der Waals surface area contributed by atoms with E-state index in [2.05, 4.69) is 25.4 Å². The third-order valence-corrected chi connectivity index (χ3v) is 4.15. The third-order valence-electron chi connectivity index (χ3n) is 4.15. The van der Waals surface area contributed by atoms with Crippen molar-refractivity contribution in [3.8, 4) is 5.82 Å². The minimum absolute atomic E-state index is 0.151. The molecular weight excluding hydrogens is 375 g/mol. The second-order valence-corrected chi connectivity index (χ2v) is 6.07. The molecule has 0 amide bonds. The molecule has 4 rings (SSSR count). The molecule has 0 atom stereocenters. The first kappa shape index (κ1) is 18.2. The minimum Gasteiger partial charge on any atom is -0.378 e. The molecule has 8 nitrogen and oxygen atoms in total. The molecule has 11 heteroatoms. The van der Waals surface area contributed by atoms with Crippen LogP contribution >= 0.6 is 0 Å². The molecule has 28 heavy (non-hydrogen) atoms. The summed E-state index contributed by atoms with van der Waals surface area (Å²) in [6.45, 7) is 2.01. The van der Waals surface area contributed by atoms with Gasteiger partial charge in [-0.2, -0.15) is 22.8 Å². The summed E-state index contributed by atoms with van der Waals surface area (Å²) in [6, 6.07) is 3.82. The van der Waals surface area contributed by atoms with E-state index in [4.69, 9.17) is 4.74 Å². The van der Waals surface area contributed by atoms with Crippen molar-refractivity contribution >= 4 is 17.3 Å². The Labute approximate surface area is 158 Å². The van der Waals surface area contributed by atoms with Crippen molar-refractivity contribution in [3.63, 3.8) is 0 Å². The number of anilines is 3. The Morgan fingerprint density at radius 1 is 1.04 bits per heavy atom. The molecule has 146 valence electrons. The van der Waals surface area contributed by atoms with Crippen molar-refractivity contribution < 1.29 is 17.9 Å². The molecule has 1 saturated heterocycles. The predicted molar refractivity (Wildman–Crippen MR) is 94.7 cm³/mol. The normalized spacial score (nSPS) is 14.9. The lowest BCUT2D eigenvalue weighted by atomic mass is 10.1. The van der Waals surface area contributed by atoms with Gasteiger partial charge in [-0.05, 0) is 18.2 Å². The second-order valence-electron chi connectivity index (χ2n) is 6.07. The minimum atomic E-state index is -4.47.